The molecule has 0 aliphatic heterocycles. The van der Waals surface area contributed by atoms with Crippen molar-refractivity contribution < 1.29 is 0 Å². The van der Waals surface area contributed by atoms with Crippen molar-refractivity contribution in [3.63, 3.8) is 0 Å². The van der Waals surface area contributed by atoms with Gasteiger partial charge in [0.25, 0.3) is 0 Å². The van der Waals surface area contributed by atoms with Crippen LogP contribution in [0, 0.1) is 0 Å². The zero-order valence-electron chi connectivity index (χ0n) is 17.1. The molecule has 1 aliphatic carbocycles. The van der Waals surface area contributed by atoms with Gasteiger partial charge in [-0.15, -0.1) is 0 Å². The molecular weight excluding hydrogens is 404 g/mol. The van der Waals surface area contributed by atoms with Crippen molar-refractivity contribution in [2.45, 2.75) is 24.8 Å². The van der Waals surface area contributed by atoms with Crippen LogP contribution in [0.5, 0.6) is 0 Å². The Bertz CT molecular complexity index is 1180. The Morgan fingerprint density at radius 3 is 2.52 bits per heavy atom. The van der Waals surface area contributed by atoms with E-state index in [1.165, 1.54) is 0 Å². The third-order valence-electron chi connectivity index (χ3n) is 5.79. The molecule has 4 N–H and O–H groups in total. The fraction of sp³-hybridized carbons (Fsp3) is 0.208. The maximum atomic E-state index is 5.60. The lowest BCUT2D eigenvalue weighted by molar-refractivity contribution is 0.632. The monoisotopic (exact) mass is 428 g/mol. The van der Waals surface area contributed by atoms with Crippen molar-refractivity contribution in [2.75, 3.05) is 11.9 Å². The number of rotatable bonds is 8. The van der Waals surface area contributed by atoms with Gasteiger partial charge in [0, 0.05) is 30.3 Å². The molecule has 0 radical (unpaired) electrons. The van der Waals surface area contributed by atoms with E-state index in [1.54, 1.807) is 0 Å². The Balaban J connectivity index is 1.62. The molecule has 4 aromatic rings. The third-order valence-corrected chi connectivity index (χ3v) is 6.10. The first-order chi connectivity index (χ1) is 15.3. The quantitative estimate of drug-likeness (QED) is 0.357. The number of anilines is 1. The van der Waals surface area contributed by atoms with Crippen LogP contribution < -0.4 is 15.2 Å². The second-order valence-corrected chi connectivity index (χ2v) is 8.38. The van der Waals surface area contributed by atoms with Gasteiger partial charge in [0.1, 0.15) is 11.6 Å². The Morgan fingerprint density at radius 2 is 1.77 bits per heavy atom. The van der Waals surface area contributed by atoms with Crippen LogP contribution in [0.3, 0.4) is 0 Å². The van der Waals surface area contributed by atoms with Gasteiger partial charge >= 0.3 is 0 Å². The molecule has 31 heavy (non-hydrogen) atoms. The number of hydrogen-bond donors (Lipinski definition) is 3. The molecule has 7 heteroatoms. The van der Waals surface area contributed by atoms with Crippen LogP contribution >= 0.6 is 12.1 Å². The summed E-state index contributed by atoms with van der Waals surface area (Å²) in [5.74, 6) is 1.71. The lowest BCUT2D eigenvalue weighted by Crippen LogP contribution is -2.26. The van der Waals surface area contributed by atoms with Crippen LogP contribution in [0.25, 0.3) is 22.0 Å². The van der Waals surface area contributed by atoms with Crippen molar-refractivity contribution in [3.8, 4) is 11.1 Å². The molecule has 0 unspecified atom stereocenters. The molecule has 2 aromatic heterocycles. The van der Waals surface area contributed by atoms with E-state index in [9.17, 15) is 0 Å². The number of nitrogens with two attached hydrogens (primary N) is 1. The number of fused-ring (bicyclic) bond motifs is 1. The minimum atomic E-state index is -0.0509. The summed E-state index contributed by atoms with van der Waals surface area (Å²) in [5.41, 5.74) is 4.13. The molecule has 2 heterocycles. The largest absolute Gasteiger partial charge is 0.364 e. The van der Waals surface area contributed by atoms with E-state index in [0.29, 0.717) is 6.54 Å². The molecule has 156 valence electrons. The molecule has 6 nitrogen and oxygen atoms in total. The minimum Gasteiger partial charge on any atom is -0.364 e. The van der Waals surface area contributed by atoms with Gasteiger partial charge in [0.05, 0.1) is 23.1 Å². The second kappa shape index (κ2) is 8.63. The Morgan fingerprint density at radius 1 is 0.935 bits per heavy atom. The molecule has 0 atom stereocenters. The van der Waals surface area contributed by atoms with Crippen molar-refractivity contribution in [1.82, 2.24) is 19.7 Å². The fourth-order valence-electron chi connectivity index (χ4n) is 3.89. The number of nitrogens with zero attached hydrogens (tertiary/aromatic N) is 3. The van der Waals surface area contributed by atoms with E-state index in [0.717, 1.165) is 70.9 Å². The lowest BCUT2D eigenvalue weighted by atomic mass is 10.00. The first kappa shape index (κ1) is 19.9. The van der Waals surface area contributed by atoms with E-state index >= 15 is 0 Å². The Kier molecular flexibility index (Phi) is 5.55. The highest BCUT2D eigenvalue weighted by molar-refractivity contribution is 7.95. The molecule has 1 aliphatic rings. The van der Waals surface area contributed by atoms with Crippen LogP contribution in [0.4, 0.5) is 5.82 Å². The molecule has 2 aromatic carbocycles. The molecule has 5 rings (SSSR count). The number of pyridine rings is 1. The number of hydrogen-bond acceptors (Lipinski definition) is 7. The summed E-state index contributed by atoms with van der Waals surface area (Å²) in [4.78, 5) is 14.5. The van der Waals surface area contributed by atoms with Crippen LogP contribution in [-0.2, 0) is 12.0 Å². The zero-order chi connectivity index (χ0) is 21.1. The van der Waals surface area contributed by atoms with Gasteiger partial charge in [-0.1, -0.05) is 48.5 Å². The molecular formula is C24H24N6S. The van der Waals surface area contributed by atoms with Gasteiger partial charge in [0.2, 0.25) is 0 Å². The maximum Gasteiger partial charge on any atom is 0.138 e. The Hall–Kier alpha value is -3.00. The summed E-state index contributed by atoms with van der Waals surface area (Å²) in [6, 6.07) is 22.6. The van der Waals surface area contributed by atoms with E-state index < -0.39 is 0 Å². The summed E-state index contributed by atoms with van der Waals surface area (Å²) in [6.45, 7) is 1.36. The van der Waals surface area contributed by atoms with Crippen LogP contribution in [0.2, 0.25) is 0 Å². The average molecular weight is 429 g/mol. The Labute approximate surface area is 186 Å². The smallest absolute Gasteiger partial charge is 0.138 e. The van der Waals surface area contributed by atoms with Gasteiger partial charge in [0.15, 0.2) is 0 Å². The second-order valence-electron chi connectivity index (χ2n) is 7.86. The van der Waals surface area contributed by atoms with Gasteiger partial charge in [-0.2, -0.15) is 0 Å². The maximum absolute atomic E-state index is 5.60. The van der Waals surface area contributed by atoms with Crippen molar-refractivity contribution in [1.29, 1.82) is 0 Å². The van der Waals surface area contributed by atoms with Crippen LogP contribution in [0.1, 0.15) is 24.4 Å². The predicted molar refractivity (Wildman–Crippen MR) is 127 cm³/mol. The number of benzene rings is 2. The average Bonchev–Trinajstić information content (AvgIpc) is 3.63. The van der Waals surface area contributed by atoms with E-state index in [-0.39, 0.29) is 5.41 Å². The summed E-state index contributed by atoms with van der Waals surface area (Å²) < 4.78 is 3.20. The molecule has 1 saturated carbocycles. The van der Waals surface area contributed by atoms with Crippen LogP contribution in [-0.4, -0.2) is 21.5 Å². The van der Waals surface area contributed by atoms with Gasteiger partial charge < -0.3 is 5.32 Å². The minimum absolute atomic E-state index is 0.0509. The van der Waals surface area contributed by atoms with Gasteiger partial charge in [-0.25, -0.2) is 14.7 Å². The summed E-state index contributed by atoms with van der Waals surface area (Å²) in [7, 11) is 0. The van der Waals surface area contributed by atoms with Crippen molar-refractivity contribution >= 4 is 28.9 Å². The molecule has 0 amide bonds. The summed E-state index contributed by atoms with van der Waals surface area (Å²) >= 11 is 1.15. The SMILES string of the molecule is NSNCC1(c2nc(NCc3ccccn3)c3c(-c4ccccc4)cccc3n2)CC1. The van der Waals surface area contributed by atoms with Crippen molar-refractivity contribution in [3.05, 3.63) is 84.4 Å². The lowest BCUT2D eigenvalue weighted by Gasteiger charge is -2.18. The highest BCUT2D eigenvalue weighted by Crippen LogP contribution is 2.47. The molecule has 0 saturated heterocycles. The topological polar surface area (TPSA) is 88.8 Å². The van der Waals surface area contributed by atoms with Crippen molar-refractivity contribution in [2.24, 2.45) is 5.14 Å². The van der Waals surface area contributed by atoms with Gasteiger partial charge in [-0.05, 0) is 42.2 Å². The standard InChI is InChI=1S/C24H24N6S/c25-31-28-16-24(12-13-24)23-29-20-11-6-10-19(17-7-2-1-3-8-17)21(20)22(30-23)27-15-18-9-4-5-14-26-18/h1-11,14,28H,12-13,15-16,25H2,(H,27,29,30). The van der Waals surface area contributed by atoms with E-state index in [4.69, 9.17) is 15.1 Å². The first-order valence-corrected chi connectivity index (χ1v) is 11.3. The first-order valence-electron chi connectivity index (χ1n) is 10.4. The summed E-state index contributed by atoms with van der Waals surface area (Å²) in [5, 5.41) is 10.2. The number of nitrogens with one attached hydrogen (secondary N) is 2. The number of aromatic nitrogens is 3. The van der Waals surface area contributed by atoms with Crippen LogP contribution in [0.15, 0.2) is 72.9 Å². The normalized spacial score (nSPS) is 14.5. The van der Waals surface area contributed by atoms with E-state index in [1.807, 2.05) is 30.5 Å². The predicted octanol–water partition coefficient (Wildman–Crippen LogP) is 4.45. The summed E-state index contributed by atoms with van der Waals surface area (Å²) in [6.07, 6.45) is 3.93. The molecule has 0 spiro atoms. The third kappa shape index (κ3) is 4.12. The molecule has 1 fully saturated rings. The highest BCUT2D eigenvalue weighted by Gasteiger charge is 2.47. The van der Waals surface area contributed by atoms with Gasteiger partial charge in [-0.3, -0.25) is 10.1 Å². The highest BCUT2D eigenvalue weighted by atomic mass is 32.2. The molecule has 0 bridgehead atoms. The fourth-order valence-corrected chi connectivity index (χ4v) is 4.25. The zero-order valence-corrected chi connectivity index (χ0v) is 17.9. The van der Waals surface area contributed by atoms with E-state index in [2.05, 4.69) is 57.5 Å².